The first-order valence-electron chi connectivity index (χ1n) is 6.73. The second-order valence-electron chi connectivity index (χ2n) is 4.90. The van der Waals surface area contributed by atoms with Gasteiger partial charge in [-0.05, 0) is 45.6 Å². The van der Waals surface area contributed by atoms with Crippen LogP contribution in [0.2, 0.25) is 0 Å². The maximum absolute atomic E-state index is 3.82. The van der Waals surface area contributed by atoms with Crippen LogP contribution in [0.5, 0.6) is 0 Å². The fourth-order valence-electron chi connectivity index (χ4n) is 2.64. The predicted octanol–water partition coefficient (Wildman–Crippen LogP) is 3.18. The average molecular weight is 216 g/mol. The van der Waals surface area contributed by atoms with Crippen molar-refractivity contribution < 1.29 is 2.85 Å². The van der Waals surface area contributed by atoms with E-state index in [2.05, 4.69) is 31.5 Å². The molecular weight excluding hydrogens is 184 g/mol. The van der Waals surface area contributed by atoms with Crippen LogP contribution in [-0.4, -0.2) is 25.2 Å². The number of hydrogen-bond donors (Lipinski definition) is 2. The molecule has 0 amide bonds. The van der Waals surface area contributed by atoms with Gasteiger partial charge in [-0.2, -0.15) is 0 Å². The fraction of sp³-hybridized carbons (Fsp3) is 1.00. The van der Waals surface area contributed by atoms with Crippen molar-refractivity contribution >= 4 is 0 Å². The van der Waals surface area contributed by atoms with Gasteiger partial charge in [0.2, 0.25) is 0 Å². The highest BCUT2D eigenvalue weighted by Gasteiger charge is 2.21. The van der Waals surface area contributed by atoms with Gasteiger partial charge in [-0.1, -0.05) is 20.3 Å². The zero-order valence-corrected chi connectivity index (χ0v) is 10.7. The molecule has 2 nitrogen and oxygen atoms in total. The van der Waals surface area contributed by atoms with Gasteiger partial charge < -0.3 is 10.6 Å². The largest absolute Gasteiger partial charge is 0.317 e. The summed E-state index contributed by atoms with van der Waals surface area (Å²) < 4.78 is 0. The quantitative estimate of drug-likeness (QED) is 0.712. The molecule has 1 atom stereocenters. The van der Waals surface area contributed by atoms with E-state index in [-0.39, 0.29) is 2.85 Å². The first kappa shape index (κ1) is 13.0. The van der Waals surface area contributed by atoms with Crippen molar-refractivity contribution in [3.8, 4) is 0 Å². The van der Waals surface area contributed by atoms with Gasteiger partial charge in [0, 0.05) is 21.0 Å². The van der Waals surface area contributed by atoms with Gasteiger partial charge in [0.25, 0.3) is 0 Å². The van der Waals surface area contributed by atoms with Crippen molar-refractivity contribution in [1.82, 2.24) is 10.6 Å². The third kappa shape index (κ3) is 4.52. The molecule has 1 unspecified atom stereocenters. The number of nitrogens with one attached hydrogen (secondary N) is 2. The minimum atomic E-state index is 0. The van der Waals surface area contributed by atoms with Crippen LogP contribution in [0.1, 0.15) is 61.6 Å². The fourth-order valence-corrected chi connectivity index (χ4v) is 2.64. The Bertz CT molecular complexity index is 159. The van der Waals surface area contributed by atoms with E-state index in [1.54, 1.807) is 0 Å². The second-order valence-corrected chi connectivity index (χ2v) is 4.90. The highest BCUT2D eigenvalue weighted by molar-refractivity contribution is 4.82. The lowest BCUT2D eigenvalue weighted by atomic mass is 9.90. The average Bonchev–Trinajstić information content (AvgIpc) is 2.29. The molecule has 15 heavy (non-hydrogen) atoms. The van der Waals surface area contributed by atoms with Crippen molar-refractivity contribution in [2.75, 3.05) is 7.05 Å². The summed E-state index contributed by atoms with van der Waals surface area (Å²) >= 11 is 0. The molecule has 0 spiro atoms. The van der Waals surface area contributed by atoms with E-state index in [9.17, 15) is 0 Å². The summed E-state index contributed by atoms with van der Waals surface area (Å²) in [5, 5.41) is 7.21. The zero-order valence-electron chi connectivity index (χ0n) is 10.7. The molecule has 1 saturated carbocycles. The highest BCUT2D eigenvalue weighted by Crippen LogP contribution is 2.19. The van der Waals surface area contributed by atoms with Crippen molar-refractivity contribution in [2.45, 2.75) is 76.9 Å². The summed E-state index contributed by atoms with van der Waals surface area (Å²) in [5.74, 6) is 0. The van der Waals surface area contributed by atoms with E-state index in [4.69, 9.17) is 0 Å². The molecule has 2 N–H and O–H groups in total. The number of hydrogen-bond acceptors (Lipinski definition) is 2. The standard InChI is InChI=1S/C13H28N2.2H2/c1-4-6-11(5-2)15-13-9-7-12(14-3)8-10-13;;/h11-15H,4-10H2,1-3H3;2*1H. The third-order valence-corrected chi connectivity index (χ3v) is 3.74. The minimum absolute atomic E-state index is 0. The van der Waals surface area contributed by atoms with E-state index in [0.717, 1.165) is 18.1 Å². The Morgan fingerprint density at radius 2 is 1.73 bits per heavy atom. The third-order valence-electron chi connectivity index (χ3n) is 3.74. The van der Waals surface area contributed by atoms with Crippen LogP contribution >= 0.6 is 0 Å². The molecule has 2 heteroatoms. The van der Waals surface area contributed by atoms with Crippen molar-refractivity contribution in [2.24, 2.45) is 0 Å². The molecule has 0 heterocycles. The Morgan fingerprint density at radius 3 is 2.20 bits per heavy atom. The Labute approximate surface area is 98.2 Å². The van der Waals surface area contributed by atoms with Crippen LogP contribution in [0.4, 0.5) is 0 Å². The van der Waals surface area contributed by atoms with Gasteiger partial charge in [-0.15, -0.1) is 0 Å². The lowest BCUT2D eigenvalue weighted by Crippen LogP contribution is -2.43. The molecule has 1 fully saturated rings. The van der Waals surface area contributed by atoms with Crippen LogP contribution in [0.3, 0.4) is 0 Å². The lowest BCUT2D eigenvalue weighted by Gasteiger charge is -2.31. The molecule has 0 aromatic heterocycles. The summed E-state index contributed by atoms with van der Waals surface area (Å²) in [6, 6.07) is 2.31. The topological polar surface area (TPSA) is 24.1 Å². The Balaban J connectivity index is 0. The molecule has 0 radical (unpaired) electrons. The Kier molecular flexibility index (Phi) is 6.26. The van der Waals surface area contributed by atoms with Crippen molar-refractivity contribution in [3.05, 3.63) is 0 Å². The van der Waals surface area contributed by atoms with Crippen LogP contribution in [0.25, 0.3) is 0 Å². The first-order chi connectivity index (χ1) is 7.30. The minimum Gasteiger partial charge on any atom is -0.317 e. The number of rotatable bonds is 6. The van der Waals surface area contributed by atoms with Gasteiger partial charge in [-0.3, -0.25) is 0 Å². The Morgan fingerprint density at radius 1 is 1.13 bits per heavy atom. The lowest BCUT2D eigenvalue weighted by molar-refractivity contribution is 0.286. The molecule has 0 saturated heterocycles. The van der Waals surface area contributed by atoms with Crippen LogP contribution in [-0.2, 0) is 0 Å². The maximum atomic E-state index is 3.82. The monoisotopic (exact) mass is 216 g/mol. The van der Waals surface area contributed by atoms with Crippen molar-refractivity contribution in [3.63, 3.8) is 0 Å². The molecule has 1 aliphatic carbocycles. The normalized spacial score (nSPS) is 29.0. The van der Waals surface area contributed by atoms with Gasteiger partial charge in [0.05, 0.1) is 0 Å². The smallest absolute Gasteiger partial charge is 0.00708 e. The summed E-state index contributed by atoms with van der Waals surface area (Å²) in [6.07, 6.45) is 9.31. The van der Waals surface area contributed by atoms with Gasteiger partial charge in [0.15, 0.2) is 0 Å². The van der Waals surface area contributed by atoms with Crippen molar-refractivity contribution in [1.29, 1.82) is 0 Å². The molecule has 1 aliphatic rings. The SMILES string of the molecule is CCCC(CC)NC1CCC(NC)CC1.[HH].[HH]. The zero-order chi connectivity index (χ0) is 11.1. The highest BCUT2D eigenvalue weighted by atomic mass is 15.0. The molecule has 0 aliphatic heterocycles. The Hall–Kier alpha value is -0.0800. The molecule has 94 valence electrons. The first-order valence-corrected chi connectivity index (χ1v) is 6.73. The summed E-state index contributed by atoms with van der Waals surface area (Å²) in [7, 11) is 2.09. The molecule has 0 aromatic rings. The molecule has 0 bridgehead atoms. The van der Waals surface area contributed by atoms with Gasteiger partial charge in [-0.25, -0.2) is 0 Å². The van der Waals surface area contributed by atoms with Crippen LogP contribution in [0, 0.1) is 0 Å². The van der Waals surface area contributed by atoms with Crippen LogP contribution < -0.4 is 10.6 Å². The van der Waals surface area contributed by atoms with Crippen LogP contribution in [0.15, 0.2) is 0 Å². The maximum Gasteiger partial charge on any atom is 0.00708 e. The summed E-state index contributed by atoms with van der Waals surface area (Å²) in [4.78, 5) is 0. The van der Waals surface area contributed by atoms with Gasteiger partial charge in [0.1, 0.15) is 0 Å². The molecule has 0 aromatic carbocycles. The van der Waals surface area contributed by atoms with E-state index in [0.29, 0.717) is 0 Å². The van der Waals surface area contributed by atoms with Gasteiger partial charge >= 0.3 is 0 Å². The summed E-state index contributed by atoms with van der Waals surface area (Å²) in [6.45, 7) is 4.58. The summed E-state index contributed by atoms with van der Waals surface area (Å²) in [5.41, 5.74) is 0. The second kappa shape index (κ2) is 7.24. The van der Waals surface area contributed by atoms with E-state index in [1.807, 2.05) is 0 Å². The van der Waals surface area contributed by atoms with E-state index < -0.39 is 0 Å². The molecular formula is C13H32N2. The van der Waals surface area contributed by atoms with E-state index in [1.165, 1.54) is 44.9 Å². The molecule has 1 rings (SSSR count). The predicted molar refractivity (Wildman–Crippen MR) is 71.5 cm³/mol. The van der Waals surface area contributed by atoms with E-state index >= 15 is 0 Å².